The van der Waals surface area contributed by atoms with Crippen LogP contribution in [0.3, 0.4) is 0 Å². The van der Waals surface area contributed by atoms with Crippen molar-refractivity contribution in [2.24, 2.45) is 0 Å². The van der Waals surface area contributed by atoms with Crippen LogP contribution in [0.15, 0.2) is 75.8 Å². The van der Waals surface area contributed by atoms with E-state index in [1.165, 1.54) is 28.6 Å². The van der Waals surface area contributed by atoms with Gasteiger partial charge in [0, 0.05) is 35.2 Å². The molecule has 0 atom stereocenters. The fraction of sp³-hybridized carbons (Fsp3) is 0.125. The summed E-state index contributed by atoms with van der Waals surface area (Å²) < 4.78 is 6.68. The smallest absolute Gasteiger partial charge is 0.262 e. The van der Waals surface area contributed by atoms with Gasteiger partial charge in [-0.25, -0.2) is 4.98 Å². The van der Waals surface area contributed by atoms with Crippen LogP contribution in [0.4, 0.5) is 5.69 Å². The van der Waals surface area contributed by atoms with Crippen LogP contribution in [-0.4, -0.2) is 25.7 Å². The van der Waals surface area contributed by atoms with Crippen LogP contribution >= 0.6 is 11.3 Å². The molecule has 0 radical (unpaired) electrons. The Hall–Kier alpha value is -4.11. The SMILES string of the molecule is Cc1ccc(-c2csc3ncn(CCC(=O)Nc4cccc(-c5nnco5)c4)c(=O)c23)cc1. The topological polar surface area (TPSA) is 103 Å². The molecule has 0 fully saturated rings. The number of benzene rings is 2. The number of hydrogen-bond acceptors (Lipinski definition) is 7. The summed E-state index contributed by atoms with van der Waals surface area (Å²) in [6.07, 6.45) is 2.88. The van der Waals surface area contributed by atoms with Gasteiger partial charge in [0.25, 0.3) is 5.56 Å². The number of carbonyl (C=O) groups is 1. The lowest BCUT2D eigenvalue weighted by atomic mass is 10.1. The summed E-state index contributed by atoms with van der Waals surface area (Å²) in [5, 5.41) is 12.9. The van der Waals surface area contributed by atoms with Crippen LogP contribution in [0, 0.1) is 6.92 Å². The molecule has 1 N–H and O–H groups in total. The van der Waals surface area contributed by atoms with Crippen molar-refractivity contribution < 1.29 is 9.21 Å². The number of rotatable bonds is 6. The van der Waals surface area contributed by atoms with Gasteiger partial charge in [-0.3, -0.25) is 14.2 Å². The van der Waals surface area contributed by atoms with Crippen LogP contribution in [0.5, 0.6) is 0 Å². The van der Waals surface area contributed by atoms with E-state index < -0.39 is 0 Å². The van der Waals surface area contributed by atoms with Crippen LogP contribution < -0.4 is 10.9 Å². The molecule has 0 aliphatic rings. The van der Waals surface area contributed by atoms with E-state index in [9.17, 15) is 9.59 Å². The van der Waals surface area contributed by atoms with E-state index in [1.54, 1.807) is 18.2 Å². The molecule has 5 rings (SSSR count). The second-order valence-corrected chi connectivity index (χ2v) is 8.42. The normalized spacial score (nSPS) is 11.1. The number of hydrogen-bond donors (Lipinski definition) is 1. The quantitative estimate of drug-likeness (QED) is 0.402. The van der Waals surface area contributed by atoms with E-state index in [2.05, 4.69) is 20.5 Å². The van der Waals surface area contributed by atoms with Crippen molar-refractivity contribution in [3.63, 3.8) is 0 Å². The van der Waals surface area contributed by atoms with Gasteiger partial charge in [-0.05, 0) is 30.7 Å². The first-order chi connectivity index (χ1) is 16.1. The molecule has 0 aliphatic heterocycles. The number of fused-ring (bicyclic) bond motifs is 1. The maximum atomic E-state index is 13.2. The summed E-state index contributed by atoms with van der Waals surface area (Å²) in [7, 11) is 0. The van der Waals surface area contributed by atoms with E-state index in [0.717, 1.165) is 16.7 Å². The van der Waals surface area contributed by atoms with Gasteiger partial charge in [0.15, 0.2) is 0 Å². The highest BCUT2D eigenvalue weighted by molar-refractivity contribution is 7.17. The minimum atomic E-state index is -0.214. The lowest BCUT2D eigenvalue weighted by Crippen LogP contribution is -2.23. The van der Waals surface area contributed by atoms with Crippen molar-refractivity contribution in [3.05, 3.63) is 82.5 Å². The molecule has 0 saturated heterocycles. The van der Waals surface area contributed by atoms with Crippen LogP contribution in [0.2, 0.25) is 0 Å². The van der Waals surface area contributed by atoms with Crippen molar-refractivity contribution in [2.75, 3.05) is 5.32 Å². The number of anilines is 1. The van der Waals surface area contributed by atoms with Gasteiger partial charge in [0.1, 0.15) is 4.83 Å². The fourth-order valence-electron chi connectivity index (χ4n) is 3.55. The predicted octanol–water partition coefficient (Wildman–Crippen LogP) is 4.51. The number of thiophene rings is 1. The summed E-state index contributed by atoms with van der Waals surface area (Å²) in [5.74, 6) is 0.158. The summed E-state index contributed by atoms with van der Waals surface area (Å²) in [5.41, 5.74) is 4.16. The molecule has 0 bridgehead atoms. The molecule has 3 heterocycles. The number of carbonyl (C=O) groups excluding carboxylic acids is 1. The van der Waals surface area contributed by atoms with Crippen LogP contribution in [0.25, 0.3) is 32.8 Å². The minimum Gasteiger partial charge on any atom is -0.423 e. The van der Waals surface area contributed by atoms with Crippen molar-refractivity contribution in [1.29, 1.82) is 0 Å². The highest BCUT2D eigenvalue weighted by Gasteiger charge is 2.14. The third kappa shape index (κ3) is 4.31. The largest absolute Gasteiger partial charge is 0.423 e. The Labute approximate surface area is 192 Å². The van der Waals surface area contributed by atoms with Crippen molar-refractivity contribution in [2.45, 2.75) is 19.9 Å². The number of aryl methyl sites for hydroxylation is 2. The molecule has 33 heavy (non-hydrogen) atoms. The van der Waals surface area contributed by atoms with Gasteiger partial charge >= 0.3 is 0 Å². The number of nitrogens with zero attached hydrogens (tertiary/aromatic N) is 4. The first-order valence-corrected chi connectivity index (χ1v) is 11.2. The monoisotopic (exact) mass is 457 g/mol. The van der Waals surface area contributed by atoms with Gasteiger partial charge in [-0.1, -0.05) is 35.9 Å². The van der Waals surface area contributed by atoms with Crippen LogP contribution in [0.1, 0.15) is 12.0 Å². The zero-order valence-electron chi connectivity index (χ0n) is 17.7. The average Bonchev–Trinajstić information content (AvgIpc) is 3.50. The Morgan fingerprint density at radius 3 is 2.79 bits per heavy atom. The fourth-order valence-corrected chi connectivity index (χ4v) is 4.45. The summed E-state index contributed by atoms with van der Waals surface area (Å²) in [6, 6.07) is 15.2. The van der Waals surface area contributed by atoms with Crippen molar-refractivity contribution in [1.82, 2.24) is 19.7 Å². The Morgan fingerprint density at radius 2 is 2.00 bits per heavy atom. The molecule has 3 aromatic heterocycles. The summed E-state index contributed by atoms with van der Waals surface area (Å²) in [6.45, 7) is 2.25. The molecular formula is C24H19N5O3S. The zero-order valence-corrected chi connectivity index (χ0v) is 18.5. The van der Waals surface area contributed by atoms with E-state index >= 15 is 0 Å². The molecule has 1 amide bonds. The summed E-state index contributed by atoms with van der Waals surface area (Å²) in [4.78, 5) is 30.8. The maximum Gasteiger partial charge on any atom is 0.262 e. The van der Waals surface area contributed by atoms with E-state index in [0.29, 0.717) is 27.4 Å². The lowest BCUT2D eigenvalue weighted by Gasteiger charge is -2.08. The molecule has 0 aliphatic carbocycles. The number of nitrogens with one attached hydrogen (secondary N) is 1. The van der Waals surface area contributed by atoms with E-state index in [1.807, 2.05) is 42.6 Å². The molecule has 0 spiro atoms. The van der Waals surface area contributed by atoms with Gasteiger partial charge in [-0.15, -0.1) is 21.5 Å². The molecule has 0 saturated carbocycles. The predicted molar refractivity (Wildman–Crippen MR) is 127 cm³/mol. The highest BCUT2D eigenvalue weighted by atomic mass is 32.1. The van der Waals surface area contributed by atoms with E-state index in [4.69, 9.17) is 4.42 Å². The second-order valence-electron chi connectivity index (χ2n) is 7.56. The number of aromatic nitrogens is 4. The Balaban J connectivity index is 1.33. The van der Waals surface area contributed by atoms with Crippen LogP contribution in [-0.2, 0) is 11.3 Å². The molecule has 5 aromatic rings. The number of amides is 1. The Kier molecular flexibility index (Phi) is 5.54. The van der Waals surface area contributed by atoms with Crippen molar-refractivity contribution >= 4 is 33.1 Å². The highest BCUT2D eigenvalue weighted by Crippen LogP contribution is 2.30. The Morgan fingerprint density at radius 1 is 1.15 bits per heavy atom. The first kappa shape index (κ1) is 20.8. The maximum absolute atomic E-state index is 13.2. The van der Waals surface area contributed by atoms with Gasteiger partial charge in [-0.2, -0.15) is 0 Å². The second kappa shape index (κ2) is 8.79. The third-order valence-electron chi connectivity index (χ3n) is 5.26. The molecule has 0 unspecified atom stereocenters. The minimum absolute atomic E-state index is 0.127. The average molecular weight is 458 g/mol. The van der Waals surface area contributed by atoms with Crippen molar-refractivity contribution in [3.8, 4) is 22.6 Å². The van der Waals surface area contributed by atoms with Gasteiger partial charge < -0.3 is 9.73 Å². The Bertz CT molecular complexity index is 1490. The molecule has 164 valence electrons. The first-order valence-electron chi connectivity index (χ1n) is 10.3. The third-order valence-corrected chi connectivity index (χ3v) is 6.14. The summed E-state index contributed by atoms with van der Waals surface area (Å²) >= 11 is 1.44. The molecule has 8 nitrogen and oxygen atoms in total. The van der Waals surface area contributed by atoms with Gasteiger partial charge in [0.2, 0.25) is 18.2 Å². The molecule has 9 heteroatoms. The van der Waals surface area contributed by atoms with Gasteiger partial charge in [0.05, 0.1) is 11.7 Å². The molecule has 2 aromatic carbocycles. The molecular weight excluding hydrogens is 438 g/mol. The standard InChI is InChI=1S/C24H19N5O3S/c1-15-5-7-16(8-6-15)19-12-33-23-21(19)24(31)29(13-25-23)10-9-20(30)27-18-4-2-3-17(11-18)22-28-26-14-32-22/h2-8,11-14H,9-10H2,1H3,(H,27,30). The lowest BCUT2D eigenvalue weighted by molar-refractivity contribution is -0.116. The zero-order chi connectivity index (χ0) is 22.8. The van der Waals surface area contributed by atoms with E-state index in [-0.39, 0.29) is 24.4 Å².